The van der Waals surface area contributed by atoms with Crippen LogP contribution in [0.1, 0.15) is 290 Å². The first-order valence-electron chi connectivity index (χ1n) is 25.5. The van der Waals surface area contributed by atoms with Crippen molar-refractivity contribution in [3.05, 3.63) is 0 Å². The fourth-order valence-corrected chi connectivity index (χ4v) is 7.74. The van der Waals surface area contributed by atoms with E-state index >= 15 is 0 Å². The normalized spacial score (nSPS) is 11.8. The first kappa shape index (κ1) is 55.4. The average molecular weight is 807 g/mol. The standard InChI is InChI=1S/C51H98O6/c1-4-7-10-13-16-19-22-23-24-25-26-27-28-30-33-35-38-41-44-50(53)56-47-48(57-51(54)45-42-39-36-31-21-18-15-12-9-6-3)46-55-49(52)43-40-37-34-32-29-20-17-14-11-8-5-2/h48H,4-47H2,1-3H3/t48-/m0/s1. The number of rotatable bonds is 47. The van der Waals surface area contributed by atoms with Gasteiger partial charge in [0, 0.05) is 19.3 Å². The highest BCUT2D eigenvalue weighted by Crippen LogP contribution is 2.17. The molecule has 0 saturated carbocycles. The predicted molar refractivity (Wildman–Crippen MR) is 243 cm³/mol. The maximum atomic E-state index is 12.7. The van der Waals surface area contributed by atoms with Gasteiger partial charge >= 0.3 is 17.9 Å². The van der Waals surface area contributed by atoms with Crippen LogP contribution >= 0.6 is 0 Å². The molecule has 0 fully saturated rings. The number of esters is 3. The molecule has 0 aromatic carbocycles. The maximum absolute atomic E-state index is 12.7. The van der Waals surface area contributed by atoms with Gasteiger partial charge in [0.15, 0.2) is 6.10 Å². The molecule has 0 spiro atoms. The molecule has 0 amide bonds. The number of unbranched alkanes of at least 4 members (excludes halogenated alkanes) is 36. The molecule has 0 aliphatic heterocycles. The Morgan fingerprint density at radius 2 is 0.474 bits per heavy atom. The fraction of sp³-hybridized carbons (Fsp3) is 0.941. The van der Waals surface area contributed by atoms with Gasteiger partial charge in [-0.1, -0.05) is 252 Å². The Hall–Kier alpha value is -1.59. The zero-order chi connectivity index (χ0) is 41.5. The van der Waals surface area contributed by atoms with Gasteiger partial charge in [-0.2, -0.15) is 0 Å². The van der Waals surface area contributed by atoms with E-state index in [-0.39, 0.29) is 31.1 Å². The van der Waals surface area contributed by atoms with E-state index in [0.717, 1.165) is 57.8 Å². The van der Waals surface area contributed by atoms with E-state index in [4.69, 9.17) is 14.2 Å². The lowest BCUT2D eigenvalue weighted by Gasteiger charge is -2.18. The summed E-state index contributed by atoms with van der Waals surface area (Å²) in [5.41, 5.74) is 0. The van der Waals surface area contributed by atoms with E-state index in [1.807, 2.05) is 0 Å². The van der Waals surface area contributed by atoms with Crippen molar-refractivity contribution in [2.75, 3.05) is 13.2 Å². The number of carbonyl (C=O) groups excluding carboxylic acids is 3. The van der Waals surface area contributed by atoms with Crippen LogP contribution in [0, 0.1) is 0 Å². The molecule has 0 aromatic rings. The van der Waals surface area contributed by atoms with Gasteiger partial charge < -0.3 is 14.2 Å². The quantitative estimate of drug-likeness (QED) is 0.0346. The van der Waals surface area contributed by atoms with Crippen LogP contribution in [0.5, 0.6) is 0 Å². The number of hydrogen-bond donors (Lipinski definition) is 0. The van der Waals surface area contributed by atoms with Gasteiger partial charge in [0.05, 0.1) is 0 Å². The number of hydrogen-bond acceptors (Lipinski definition) is 6. The largest absolute Gasteiger partial charge is 0.462 e. The van der Waals surface area contributed by atoms with Gasteiger partial charge in [-0.25, -0.2) is 0 Å². The summed E-state index contributed by atoms with van der Waals surface area (Å²) in [5, 5.41) is 0. The third-order valence-corrected chi connectivity index (χ3v) is 11.6. The zero-order valence-corrected chi connectivity index (χ0v) is 38.6. The van der Waals surface area contributed by atoms with E-state index in [0.29, 0.717) is 19.3 Å². The Balaban J connectivity index is 4.22. The van der Waals surface area contributed by atoms with Gasteiger partial charge in [0.2, 0.25) is 0 Å². The summed E-state index contributed by atoms with van der Waals surface area (Å²) in [6, 6.07) is 0. The second-order valence-corrected chi connectivity index (χ2v) is 17.5. The van der Waals surface area contributed by atoms with Crippen molar-refractivity contribution >= 4 is 17.9 Å². The molecule has 0 unspecified atom stereocenters. The summed E-state index contributed by atoms with van der Waals surface area (Å²) in [5.74, 6) is -0.846. The van der Waals surface area contributed by atoms with Crippen LogP contribution in [-0.4, -0.2) is 37.2 Å². The van der Waals surface area contributed by atoms with E-state index in [1.165, 1.54) is 193 Å². The molecule has 6 nitrogen and oxygen atoms in total. The smallest absolute Gasteiger partial charge is 0.306 e. The van der Waals surface area contributed by atoms with E-state index < -0.39 is 6.10 Å². The van der Waals surface area contributed by atoms with Crippen LogP contribution in [0.15, 0.2) is 0 Å². The molecule has 0 N–H and O–H groups in total. The molecule has 1 atom stereocenters. The minimum absolute atomic E-state index is 0.0621. The van der Waals surface area contributed by atoms with Crippen LogP contribution in [-0.2, 0) is 28.6 Å². The van der Waals surface area contributed by atoms with Crippen LogP contribution in [0.2, 0.25) is 0 Å². The lowest BCUT2D eigenvalue weighted by molar-refractivity contribution is -0.167. The van der Waals surface area contributed by atoms with Crippen molar-refractivity contribution < 1.29 is 28.6 Å². The summed E-state index contributed by atoms with van der Waals surface area (Å²) >= 11 is 0. The lowest BCUT2D eigenvalue weighted by Crippen LogP contribution is -2.30. The molecule has 0 aromatic heterocycles. The first-order chi connectivity index (χ1) is 28.0. The molecular weight excluding hydrogens is 709 g/mol. The predicted octanol–water partition coefficient (Wildman–Crippen LogP) is 16.4. The topological polar surface area (TPSA) is 78.9 Å². The molecule has 0 aliphatic carbocycles. The molecule has 0 rings (SSSR count). The van der Waals surface area contributed by atoms with Gasteiger partial charge in [-0.05, 0) is 19.3 Å². The minimum Gasteiger partial charge on any atom is -0.462 e. The highest BCUT2D eigenvalue weighted by atomic mass is 16.6. The average Bonchev–Trinajstić information content (AvgIpc) is 3.21. The summed E-state index contributed by atoms with van der Waals surface area (Å²) in [6.45, 7) is 6.66. The zero-order valence-electron chi connectivity index (χ0n) is 38.6. The van der Waals surface area contributed by atoms with Gasteiger partial charge in [-0.15, -0.1) is 0 Å². The highest BCUT2D eigenvalue weighted by molar-refractivity contribution is 5.71. The maximum Gasteiger partial charge on any atom is 0.306 e. The minimum atomic E-state index is -0.758. The third-order valence-electron chi connectivity index (χ3n) is 11.6. The molecule has 338 valence electrons. The van der Waals surface area contributed by atoms with Crippen LogP contribution in [0.25, 0.3) is 0 Å². The first-order valence-corrected chi connectivity index (χ1v) is 25.5. The van der Waals surface area contributed by atoms with Gasteiger partial charge in [0.1, 0.15) is 13.2 Å². The van der Waals surface area contributed by atoms with Crippen LogP contribution in [0.4, 0.5) is 0 Å². The van der Waals surface area contributed by atoms with Gasteiger partial charge in [0.25, 0.3) is 0 Å². The Kier molecular flexibility index (Phi) is 45.8. The molecule has 0 bridgehead atoms. The van der Waals surface area contributed by atoms with E-state index in [2.05, 4.69) is 20.8 Å². The van der Waals surface area contributed by atoms with Gasteiger partial charge in [-0.3, -0.25) is 14.4 Å². The summed E-state index contributed by atoms with van der Waals surface area (Å²) in [4.78, 5) is 37.8. The number of ether oxygens (including phenoxy) is 3. The molecule has 0 saturated heterocycles. The Morgan fingerprint density at radius 1 is 0.281 bits per heavy atom. The lowest BCUT2D eigenvalue weighted by atomic mass is 10.0. The summed E-state index contributed by atoms with van der Waals surface area (Å²) in [6.07, 6.45) is 49.5. The van der Waals surface area contributed by atoms with E-state index in [9.17, 15) is 14.4 Å². The SMILES string of the molecule is CCCCCCCCCCCCCCCCCCCCC(=O)OC[C@H](COC(=O)CCCCCCCCCCCCC)OC(=O)CCCCCCCCCCCC. The molecule has 0 aliphatic rings. The molecule has 0 heterocycles. The monoisotopic (exact) mass is 807 g/mol. The van der Waals surface area contributed by atoms with Crippen molar-refractivity contribution in [2.24, 2.45) is 0 Å². The van der Waals surface area contributed by atoms with Crippen molar-refractivity contribution in [3.8, 4) is 0 Å². The van der Waals surface area contributed by atoms with Crippen molar-refractivity contribution in [2.45, 2.75) is 297 Å². The Bertz CT molecular complexity index is 844. The second-order valence-electron chi connectivity index (χ2n) is 17.5. The van der Waals surface area contributed by atoms with Crippen molar-refractivity contribution in [1.82, 2.24) is 0 Å². The number of carbonyl (C=O) groups is 3. The Labute approximate surface area is 355 Å². The van der Waals surface area contributed by atoms with Crippen LogP contribution < -0.4 is 0 Å². The highest BCUT2D eigenvalue weighted by Gasteiger charge is 2.19. The third kappa shape index (κ3) is 45.3. The molecular formula is C51H98O6. The fourth-order valence-electron chi connectivity index (χ4n) is 7.74. The van der Waals surface area contributed by atoms with Crippen molar-refractivity contribution in [1.29, 1.82) is 0 Å². The van der Waals surface area contributed by atoms with Crippen molar-refractivity contribution in [3.63, 3.8) is 0 Å². The molecule has 6 heteroatoms. The van der Waals surface area contributed by atoms with Crippen LogP contribution in [0.3, 0.4) is 0 Å². The summed E-state index contributed by atoms with van der Waals surface area (Å²) < 4.78 is 16.8. The Morgan fingerprint density at radius 3 is 0.702 bits per heavy atom. The summed E-state index contributed by atoms with van der Waals surface area (Å²) in [7, 11) is 0. The second kappa shape index (κ2) is 47.1. The van der Waals surface area contributed by atoms with E-state index in [1.54, 1.807) is 0 Å². The molecule has 57 heavy (non-hydrogen) atoms. The molecule has 0 radical (unpaired) electrons.